The maximum atomic E-state index is 13.3. The van der Waals surface area contributed by atoms with Gasteiger partial charge >= 0.3 is 12.4 Å². The van der Waals surface area contributed by atoms with E-state index in [0.29, 0.717) is 0 Å². The quantitative estimate of drug-likeness (QED) is 0.517. The van der Waals surface area contributed by atoms with Gasteiger partial charge in [0.25, 0.3) is 0 Å². The Hall–Kier alpha value is -2.83. The molecule has 0 unspecified atom stereocenters. The van der Waals surface area contributed by atoms with Gasteiger partial charge in [-0.2, -0.15) is 26.3 Å². The summed E-state index contributed by atoms with van der Waals surface area (Å²) < 4.78 is 79.6. The summed E-state index contributed by atoms with van der Waals surface area (Å²) in [4.78, 5) is 12.5. The molecule has 0 N–H and O–H groups in total. The molecule has 2 rings (SSSR count). The summed E-state index contributed by atoms with van der Waals surface area (Å²) in [5, 5.41) is 0. The van der Waals surface area contributed by atoms with Crippen molar-refractivity contribution in [3.05, 3.63) is 82.9 Å². The molecule has 1 nitrogen and oxygen atoms in total. The van der Waals surface area contributed by atoms with Crippen molar-refractivity contribution in [1.29, 1.82) is 0 Å². The maximum Gasteiger partial charge on any atom is 0.416 e. The van der Waals surface area contributed by atoms with E-state index in [1.165, 1.54) is 36.4 Å². The predicted molar refractivity (Wildman–Crippen MR) is 95.5 cm³/mol. The van der Waals surface area contributed by atoms with Crippen LogP contribution in [0, 0.1) is 0 Å². The maximum absolute atomic E-state index is 13.3. The lowest BCUT2D eigenvalue weighted by atomic mass is 9.91. The van der Waals surface area contributed by atoms with E-state index in [1.54, 1.807) is 0 Å². The first-order valence-corrected chi connectivity index (χ1v) is 8.13. The molecule has 0 atom stereocenters. The smallest absolute Gasteiger partial charge is 0.299 e. The molecule has 0 aliphatic carbocycles. The minimum Gasteiger partial charge on any atom is -0.299 e. The fourth-order valence-corrected chi connectivity index (χ4v) is 2.97. The highest BCUT2D eigenvalue weighted by Crippen LogP contribution is 2.36. The molecule has 148 valence electrons. The van der Waals surface area contributed by atoms with Gasteiger partial charge in [0.05, 0.1) is 11.1 Å². The molecule has 0 saturated heterocycles. The molecule has 0 radical (unpaired) electrons. The second-order valence-corrected chi connectivity index (χ2v) is 6.04. The van der Waals surface area contributed by atoms with E-state index in [9.17, 15) is 31.1 Å². The summed E-state index contributed by atoms with van der Waals surface area (Å²) in [6, 6.07) is 6.75. The van der Waals surface area contributed by atoms with Crippen LogP contribution in [0.25, 0.3) is 12.2 Å². The number of carbonyl (C=O) groups is 1. The Morgan fingerprint density at radius 1 is 0.750 bits per heavy atom. The molecule has 2 aromatic rings. The van der Waals surface area contributed by atoms with Crippen LogP contribution in [0.3, 0.4) is 0 Å². The van der Waals surface area contributed by atoms with Crippen molar-refractivity contribution in [3.8, 4) is 0 Å². The molecular weight excluding hydrogens is 382 g/mol. The number of benzene rings is 2. The molecule has 0 aliphatic heterocycles. The van der Waals surface area contributed by atoms with Crippen LogP contribution in [0.2, 0.25) is 0 Å². The lowest BCUT2D eigenvalue weighted by Crippen LogP contribution is -2.18. The summed E-state index contributed by atoms with van der Waals surface area (Å²) in [5.41, 5.74) is -2.41. The molecule has 0 heterocycles. The van der Waals surface area contributed by atoms with Gasteiger partial charge in [-0.25, -0.2) is 0 Å². The SMILES string of the molecule is C=Cc1cccc(C(F)(F)F)c1CC(=O)Cc1c(C=C)cccc1C(F)(F)F. The van der Waals surface area contributed by atoms with Crippen molar-refractivity contribution < 1.29 is 31.1 Å². The number of hydrogen-bond acceptors (Lipinski definition) is 1. The number of alkyl halides is 6. The van der Waals surface area contributed by atoms with Gasteiger partial charge < -0.3 is 0 Å². The van der Waals surface area contributed by atoms with Crippen molar-refractivity contribution in [1.82, 2.24) is 0 Å². The lowest BCUT2D eigenvalue weighted by molar-refractivity contribution is -0.138. The Bertz CT molecular complexity index is 833. The first kappa shape index (κ1) is 21.5. The molecular formula is C21H16F6O. The number of hydrogen-bond donors (Lipinski definition) is 0. The molecule has 28 heavy (non-hydrogen) atoms. The van der Waals surface area contributed by atoms with Crippen molar-refractivity contribution in [2.45, 2.75) is 25.2 Å². The van der Waals surface area contributed by atoms with E-state index in [4.69, 9.17) is 0 Å². The van der Waals surface area contributed by atoms with Crippen molar-refractivity contribution in [2.24, 2.45) is 0 Å². The molecule has 0 aromatic heterocycles. The highest BCUT2D eigenvalue weighted by molar-refractivity contribution is 5.86. The molecule has 0 amide bonds. The summed E-state index contributed by atoms with van der Waals surface area (Å²) in [5.74, 6) is -0.778. The number of ketones is 1. The Morgan fingerprint density at radius 2 is 1.11 bits per heavy atom. The van der Waals surface area contributed by atoms with Crippen LogP contribution < -0.4 is 0 Å². The van der Waals surface area contributed by atoms with E-state index < -0.39 is 42.1 Å². The topological polar surface area (TPSA) is 17.1 Å². The van der Waals surface area contributed by atoms with E-state index in [0.717, 1.165) is 12.1 Å². The Balaban J connectivity index is 2.45. The van der Waals surface area contributed by atoms with Crippen LogP contribution in [-0.4, -0.2) is 5.78 Å². The molecule has 0 aliphatic rings. The fraction of sp³-hybridized carbons (Fsp3) is 0.190. The second-order valence-electron chi connectivity index (χ2n) is 6.04. The van der Waals surface area contributed by atoms with Gasteiger partial charge in [0.1, 0.15) is 5.78 Å². The van der Waals surface area contributed by atoms with Crippen molar-refractivity contribution in [3.63, 3.8) is 0 Å². The van der Waals surface area contributed by atoms with Gasteiger partial charge in [-0.15, -0.1) is 0 Å². The van der Waals surface area contributed by atoms with Gasteiger partial charge in [-0.05, 0) is 34.4 Å². The van der Waals surface area contributed by atoms with Crippen LogP contribution in [0.1, 0.15) is 33.4 Å². The van der Waals surface area contributed by atoms with Crippen LogP contribution in [0.15, 0.2) is 49.6 Å². The standard InChI is InChI=1S/C21H16F6O/c1-3-13-7-5-9-18(20(22,23)24)16(13)11-15(28)12-17-14(4-2)8-6-10-19(17)21(25,26)27/h3-10H,1-2,11-12H2. The number of Topliss-reactive ketones (excluding diaryl/α,β-unsaturated/α-hetero) is 1. The predicted octanol–water partition coefficient (Wildman–Crippen LogP) is 6.36. The normalized spacial score (nSPS) is 11.9. The van der Waals surface area contributed by atoms with Crippen LogP contribution in [0.5, 0.6) is 0 Å². The van der Waals surface area contributed by atoms with Gasteiger partial charge in [-0.3, -0.25) is 4.79 Å². The third-order valence-electron chi connectivity index (χ3n) is 4.22. The van der Waals surface area contributed by atoms with E-state index >= 15 is 0 Å². The largest absolute Gasteiger partial charge is 0.416 e. The van der Waals surface area contributed by atoms with Crippen molar-refractivity contribution in [2.75, 3.05) is 0 Å². The molecule has 0 spiro atoms. The first-order chi connectivity index (χ1) is 13.0. The number of halogens is 6. The fourth-order valence-electron chi connectivity index (χ4n) is 2.97. The average Bonchev–Trinajstić information content (AvgIpc) is 2.60. The lowest BCUT2D eigenvalue weighted by Gasteiger charge is -2.17. The highest BCUT2D eigenvalue weighted by atomic mass is 19.4. The minimum absolute atomic E-state index is 0.108. The number of carbonyl (C=O) groups excluding carboxylic acids is 1. The number of rotatable bonds is 6. The minimum atomic E-state index is -4.70. The van der Waals surface area contributed by atoms with E-state index in [1.807, 2.05) is 0 Å². The molecule has 0 fully saturated rings. The summed E-state index contributed by atoms with van der Waals surface area (Å²) in [7, 11) is 0. The molecule has 0 bridgehead atoms. The summed E-state index contributed by atoms with van der Waals surface area (Å²) in [6.07, 6.45) is -8.39. The zero-order chi connectivity index (χ0) is 21.1. The summed E-state index contributed by atoms with van der Waals surface area (Å²) >= 11 is 0. The highest BCUT2D eigenvalue weighted by Gasteiger charge is 2.36. The van der Waals surface area contributed by atoms with E-state index in [2.05, 4.69) is 13.2 Å². The summed E-state index contributed by atoms with van der Waals surface area (Å²) in [6.45, 7) is 6.88. The Kier molecular flexibility index (Phi) is 6.17. The van der Waals surface area contributed by atoms with Gasteiger partial charge in [0, 0.05) is 12.8 Å². The van der Waals surface area contributed by atoms with Gasteiger partial charge in [0.15, 0.2) is 0 Å². The molecule has 2 aromatic carbocycles. The van der Waals surface area contributed by atoms with Gasteiger partial charge in [0.2, 0.25) is 0 Å². The van der Waals surface area contributed by atoms with Crippen LogP contribution in [-0.2, 0) is 30.0 Å². The second kappa shape index (κ2) is 8.04. The monoisotopic (exact) mass is 398 g/mol. The van der Waals surface area contributed by atoms with E-state index in [-0.39, 0.29) is 22.3 Å². The Morgan fingerprint density at radius 3 is 1.39 bits per heavy atom. The van der Waals surface area contributed by atoms with Crippen molar-refractivity contribution >= 4 is 17.9 Å². The Labute approximate surface area is 158 Å². The van der Waals surface area contributed by atoms with Crippen LogP contribution >= 0.6 is 0 Å². The zero-order valence-electron chi connectivity index (χ0n) is 14.6. The van der Waals surface area contributed by atoms with Crippen LogP contribution in [0.4, 0.5) is 26.3 Å². The molecule has 7 heteroatoms. The third-order valence-corrected chi connectivity index (χ3v) is 4.22. The van der Waals surface area contributed by atoms with Gasteiger partial charge in [-0.1, -0.05) is 49.6 Å². The average molecular weight is 398 g/mol. The third kappa shape index (κ3) is 4.71. The first-order valence-electron chi connectivity index (χ1n) is 8.13. The molecule has 0 saturated carbocycles. The zero-order valence-corrected chi connectivity index (χ0v) is 14.6.